The maximum Gasteiger partial charge on any atom is 0.326 e. The lowest BCUT2D eigenvalue weighted by Crippen LogP contribution is -2.43. The molecular weight excluding hydrogens is 366 g/mol. The summed E-state index contributed by atoms with van der Waals surface area (Å²) >= 11 is 9.15. The maximum atomic E-state index is 11.7. The van der Waals surface area contributed by atoms with Gasteiger partial charge in [-0.25, -0.2) is 9.59 Å². The first kappa shape index (κ1) is 17.3. The molecule has 1 atom stereocenters. The highest BCUT2D eigenvalue weighted by Gasteiger charge is 2.20. The maximum absolute atomic E-state index is 11.7. The molecule has 0 saturated carbocycles. The quantitative estimate of drug-likeness (QED) is 0.604. The van der Waals surface area contributed by atoms with Gasteiger partial charge in [-0.05, 0) is 24.6 Å². The van der Waals surface area contributed by atoms with Gasteiger partial charge in [0.05, 0.1) is 10.7 Å². The van der Waals surface area contributed by atoms with E-state index in [0.717, 1.165) is 4.47 Å². The Labute approximate surface area is 134 Å². The first-order chi connectivity index (χ1) is 9.79. The molecule has 1 rings (SSSR count). The Balaban J connectivity index is 2.65. The molecule has 0 bridgehead atoms. The molecule has 0 saturated heterocycles. The molecule has 0 fully saturated rings. The van der Waals surface area contributed by atoms with Crippen LogP contribution in [0.1, 0.15) is 12.8 Å². The van der Waals surface area contributed by atoms with Gasteiger partial charge in [-0.2, -0.15) is 0 Å². The summed E-state index contributed by atoms with van der Waals surface area (Å²) in [6, 6.07) is 2.86. The molecule has 114 valence electrons. The van der Waals surface area contributed by atoms with E-state index in [1.165, 1.54) is 0 Å². The number of rotatable bonds is 6. The van der Waals surface area contributed by atoms with Crippen LogP contribution in [-0.4, -0.2) is 29.1 Å². The number of carbonyl (C=O) groups is 3. The third-order valence-electron chi connectivity index (χ3n) is 2.46. The molecule has 0 aromatic heterocycles. The first-order valence-corrected chi connectivity index (χ1v) is 7.00. The van der Waals surface area contributed by atoms with Crippen LogP contribution in [0.3, 0.4) is 0 Å². The van der Waals surface area contributed by atoms with Crippen molar-refractivity contribution in [1.82, 2.24) is 5.32 Å². The number of benzene rings is 1. The first-order valence-electron chi connectivity index (χ1n) is 5.83. The number of carboxylic acids is 1. The fourth-order valence-corrected chi connectivity index (χ4v) is 2.17. The van der Waals surface area contributed by atoms with Gasteiger partial charge < -0.3 is 21.5 Å². The van der Waals surface area contributed by atoms with Crippen LogP contribution in [-0.2, 0) is 9.59 Å². The highest BCUT2D eigenvalue weighted by atomic mass is 79.9. The highest BCUT2D eigenvalue weighted by molar-refractivity contribution is 9.10. The molecule has 0 spiro atoms. The van der Waals surface area contributed by atoms with Gasteiger partial charge in [-0.15, -0.1) is 0 Å². The molecule has 1 aromatic rings. The minimum absolute atomic E-state index is 0.0911. The number of anilines is 1. The third-order valence-corrected chi connectivity index (χ3v) is 3.27. The number of hydrogen-bond acceptors (Lipinski definition) is 3. The monoisotopic (exact) mass is 377 g/mol. The molecule has 3 amide bonds. The molecule has 0 radical (unpaired) electrons. The van der Waals surface area contributed by atoms with Crippen molar-refractivity contribution in [2.24, 2.45) is 5.73 Å². The minimum atomic E-state index is -1.26. The van der Waals surface area contributed by atoms with Crippen molar-refractivity contribution in [3.8, 4) is 0 Å². The lowest BCUT2D eigenvalue weighted by molar-refractivity contribution is -0.139. The van der Waals surface area contributed by atoms with Crippen LogP contribution in [0, 0.1) is 0 Å². The van der Waals surface area contributed by atoms with E-state index in [0.29, 0.717) is 10.7 Å². The van der Waals surface area contributed by atoms with Crippen LogP contribution in [0.2, 0.25) is 5.02 Å². The molecule has 5 N–H and O–H groups in total. The summed E-state index contributed by atoms with van der Waals surface area (Å²) in [4.78, 5) is 33.4. The van der Waals surface area contributed by atoms with Crippen LogP contribution in [0.4, 0.5) is 10.5 Å². The normalized spacial score (nSPS) is 11.5. The topological polar surface area (TPSA) is 122 Å². The SMILES string of the molecule is NC(=O)CCC(NC(=O)Nc1ccc(Br)cc1Cl)C(=O)O. The molecule has 0 aliphatic carbocycles. The standard InChI is InChI=1S/C12H13BrClN3O4/c13-6-1-2-8(7(14)5-6)16-12(21)17-9(11(19)20)3-4-10(15)18/h1-2,5,9H,3-4H2,(H2,15,18)(H,19,20)(H2,16,17,21). The van der Waals surface area contributed by atoms with Gasteiger partial charge in [0.2, 0.25) is 5.91 Å². The average Bonchev–Trinajstić information content (AvgIpc) is 2.37. The largest absolute Gasteiger partial charge is 0.480 e. The van der Waals surface area contributed by atoms with Crippen molar-refractivity contribution < 1.29 is 19.5 Å². The Hall–Kier alpha value is -1.80. The molecule has 21 heavy (non-hydrogen) atoms. The number of urea groups is 1. The summed E-state index contributed by atoms with van der Waals surface area (Å²) in [5.74, 6) is -1.90. The van der Waals surface area contributed by atoms with E-state index in [9.17, 15) is 14.4 Å². The van der Waals surface area contributed by atoms with Crippen molar-refractivity contribution in [2.75, 3.05) is 5.32 Å². The predicted molar refractivity (Wildman–Crippen MR) is 81.2 cm³/mol. The van der Waals surface area contributed by atoms with Crippen LogP contribution in [0.5, 0.6) is 0 Å². The van der Waals surface area contributed by atoms with Gasteiger partial charge in [0.1, 0.15) is 6.04 Å². The van der Waals surface area contributed by atoms with E-state index in [4.69, 9.17) is 22.4 Å². The number of carbonyl (C=O) groups excluding carboxylic acids is 2. The molecule has 0 aliphatic rings. The summed E-state index contributed by atoms with van der Waals surface area (Å²) in [7, 11) is 0. The van der Waals surface area contributed by atoms with Crippen LogP contribution in [0.15, 0.2) is 22.7 Å². The summed E-state index contributed by atoms with van der Waals surface area (Å²) in [6.45, 7) is 0. The zero-order valence-electron chi connectivity index (χ0n) is 10.7. The van der Waals surface area contributed by atoms with Gasteiger partial charge in [-0.1, -0.05) is 27.5 Å². The van der Waals surface area contributed by atoms with Crippen molar-refractivity contribution in [3.63, 3.8) is 0 Å². The Bertz CT molecular complexity index is 567. The van der Waals surface area contributed by atoms with E-state index < -0.39 is 23.9 Å². The number of nitrogens with one attached hydrogen (secondary N) is 2. The second kappa shape index (κ2) is 7.84. The van der Waals surface area contributed by atoms with E-state index in [2.05, 4.69) is 26.6 Å². The zero-order valence-corrected chi connectivity index (χ0v) is 13.1. The number of halogens is 2. The van der Waals surface area contributed by atoms with E-state index in [1.54, 1.807) is 18.2 Å². The molecule has 1 unspecified atom stereocenters. The summed E-state index contributed by atoms with van der Waals surface area (Å²) < 4.78 is 0.739. The van der Waals surface area contributed by atoms with E-state index in [1.807, 2.05) is 0 Å². The Morgan fingerprint density at radius 3 is 2.57 bits per heavy atom. The fraction of sp³-hybridized carbons (Fsp3) is 0.250. The Morgan fingerprint density at radius 2 is 2.05 bits per heavy atom. The number of amides is 3. The lowest BCUT2D eigenvalue weighted by atomic mass is 10.1. The second-order valence-corrected chi connectivity index (χ2v) is 5.44. The average molecular weight is 379 g/mol. The molecule has 0 heterocycles. The van der Waals surface area contributed by atoms with Gasteiger partial charge in [-0.3, -0.25) is 4.79 Å². The van der Waals surface area contributed by atoms with Crippen molar-refractivity contribution in [3.05, 3.63) is 27.7 Å². The van der Waals surface area contributed by atoms with Crippen molar-refractivity contribution in [2.45, 2.75) is 18.9 Å². The highest BCUT2D eigenvalue weighted by Crippen LogP contribution is 2.25. The Morgan fingerprint density at radius 1 is 1.38 bits per heavy atom. The number of aliphatic carboxylic acids is 1. The van der Waals surface area contributed by atoms with Crippen LogP contribution in [0.25, 0.3) is 0 Å². The summed E-state index contributed by atoms with van der Waals surface area (Å²) in [6.07, 6.45) is -0.234. The van der Waals surface area contributed by atoms with Crippen molar-refractivity contribution in [1.29, 1.82) is 0 Å². The molecule has 7 nitrogen and oxygen atoms in total. The number of carboxylic acid groups (broad SMARTS) is 1. The van der Waals surface area contributed by atoms with Crippen LogP contribution < -0.4 is 16.4 Å². The van der Waals surface area contributed by atoms with Gasteiger partial charge in [0.15, 0.2) is 0 Å². The minimum Gasteiger partial charge on any atom is -0.480 e. The molecule has 1 aromatic carbocycles. The summed E-state index contributed by atoms with van der Waals surface area (Å²) in [5, 5.41) is 13.9. The number of nitrogens with two attached hydrogens (primary N) is 1. The smallest absolute Gasteiger partial charge is 0.326 e. The number of primary amides is 1. The Kier molecular flexibility index (Phi) is 6.44. The number of hydrogen-bond donors (Lipinski definition) is 4. The van der Waals surface area contributed by atoms with Gasteiger partial charge in [0, 0.05) is 10.9 Å². The van der Waals surface area contributed by atoms with Gasteiger partial charge >= 0.3 is 12.0 Å². The van der Waals surface area contributed by atoms with E-state index in [-0.39, 0.29) is 12.8 Å². The predicted octanol–water partition coefficient (Wildman–Crippen LogP) is 1.94. The molecular formula is C12H13BrClN3O4. The zero-order chi connectivity index (χ0) is 16.0. The van der Waals surface area contributed by atoms with Gasteiger partial charge in [0.25, 0.3) is 0 Å². The van der Waals surface area contributed by atoms with E-state index >= 15 is 0 Å². The van der Waals surface area contributed by atoms with Crippen LogP contribution >= 0.6 is 27.5 Å². The fourth-order valence-electron chi connectivity index (χ4n) is 1.45. The second-order valence-electron chi connectivity index (χ2n) is 4.12. The molecule has 0 aliphatic heterocycles. The van der Waals surface area contributed by atoms with Crippen molar-refractivity contribution >= 4 is 51.1 Å². The third kappa shape index (κ3) is 6.01. The lowest BCUT2D eigenvalue weighted by Gasteiger charge is -2.15. The molecule has 9 heteroatoms. The summed E-state index contributed by atoms with van der Waals surface area (Å²) in [5.41, 5.74) is 5.28.